The highest BCUT2D eigenvalue weighted by molar-refractivity contribution is 5.49. The second-order valence-electron chi connectivity index (χ2n) is 4.39. The van der Waals surface area contributed by atoms with Gasteiger partial charge in [-0.2, -0.15) is 13.2 Å². The third kappa shape index (κ3) is 3.74. The lowest BCUT2D eigenvalue weighted by atomic mass is 10.1. The van der Waals surface area contributed by atoms with Crippen molar-refractivity contribution in [2.75, 3.05) is 5.73 Å². The van der Waals surface area contributed by atoms with Gasteiger partial charge in [-0.15, -0.1) is 0 Å². The summed E-state index contributed by atoms with van der Waals surface area (Å²) in [7, 11) is 0. The molecule has 2 nitrogen and oxygen atoms in total. The molecule has 0 saturated carbocycles. The quantitative estimate of drug-likeness (QED) is 0.859. The number of hydrogen-bond donors (Lipinski definition) is 1. The number of ether oxygens (including phenoxy) is 1. The Kier molecular flexibility index (Phi) is 4.29. The average molecular weight is 281 g/mol. The first-order chi connectivity index (χ1) is 9.47. The van der Waals surface area contributed by atoms with Crippen LogP contribution in [0.5, 0.6) is 0 Å². The third-order valence-corrected chi connectivity index (χ3v) is 2.84. The van der Waals surface area contributed by atoms with Gasteiger partial charge in [-0.05, 0) is 17.7 Å². The highest BCUT2D eigenvalue weighted by Crippen LogP contribution is 2.31. The van der Waals surface area contributed by atoms with E-state index in [4.69, 9.17) is 10.5 Å². The van der Waals surface area contributed by atoms with Crippen LogP contribution in [-0.4, -0.2) is 0 Å². The van der Waals surface area contributed by atoms with Crippen molar-refractivity contribution in [1.29, 1.82) is 0 Å². The van der Waals surface area contributed by atoms with Crippen molar-refractivity contribution >= 4 is 5.69 Å². The molecule has 2 aromatic carbocycles. The topological polar surface area (TPSA) is 35.2 Å². The summed E-state index contributed by atoms with van der Waals surface area (Å²) < 4.78 is 42.9. The van der Waals surface area contributed by atoms with Gasteiger partial charge in [-0.25, -0.2) is 0 Å². The molecule has 2 aromatic rings. The highest BCUT2D eigenvalue weighted by Gasteiger charge is 2.30. The molecular weight excluding hydrogens is 267 g/mol. The molecule has 0 fully saturated rings. The predicted molar refractivity (Wildman–Crippen MR) is 70.8 cm³/mol. The summed E-state index contributed by atoms with van der Waals surface area (Å²) in [4.78, 5) is 0. The molecule has 106 valence electrons. The molecule has 0 heterocycles. The molecule has 0 saturated heterocycles. The Hall–Kier alpha value is -2.01. The summed E-state index contributed by atoms with van der Waals surface area (Å²) in [5.41, 5.74) is 6.51. The van der Waals surface area contributed by atoms with Gasteiger partial charge in [0, 0.05) is 11.3 Å². The molecule has 0 spiro atoms. The number of nitrogens with two attached hydrogens (primary N) is 1. The van der Waals surface area contributed by atoms with Gasteiger partial charge < -0.3 is 10.5 Å². The van der Waals surface area contributed by atoms with Crippen LogP contribution in [0.2, 0.25) is 0 Å². The first-order valence-electron chi connectivity index (χ1n) is 6.04. The molecule has 5 heteroatoms. The van der Waals surface area contributed by atoms with Gasteiger partial charge in [-0.3, -0.25) is 0 Å². The van der Waals surface area contributed by atoms with E-state index in [9.17, 15) is 13.2 Å². The minimum Gasteiger partial charge on any atom is -0.398 e. The van der Waals surface area contributed by atoms with Crippen LogP contribution < -0.4 is 5.73 Å². The predicted octanol–water partition coefficient (Wildman–Crippen LogP) is 4.00. The SMILES string of the molecule is Nc1cc(C(F)(F)F)ccc1COCc1ccccc1. The number of rotatable bonds is 4. The summed E-state index contributed by atoms with van der Waals surface area (Å²) >= 11 is 0. The zero-order valence-electron chi connectivity index (χ0n) is 10.7. The molecule has 0 atom stereocenters. The fourth-order valence-electron chi connectivity index (χ4n) is 1.76. The Labute approximate surface area is 115 Å². The van der Waals surface area contributed by atoms with Gasteiger partial charge in [0.1, 0.15) is 0 Å². The molecule has 2 rings (SSSR count). The zero-order valence-corrected chi connectivity index (χ0v) is 10.7. The number of benzene rings is 2. The Morgan fingerprint density at radius 1 is 0.950 bits per heavy atom. The van der Waals surface area contributed by atoms with E-state index in [1.54, 1.807) is 0 Å². The van der Waals surface area contributed by atoms with E-state index >= 15 is 0 Å². The van der Waals surface area contributed by atoms with Crippen molar-refractivity contribution in [1.82, 2.24) is 0 Å². The van der Waals surface area contributed by atoms with Crippen LogP contribution >= 0.6 is 0 Å². The molecular formula is C15H14F3NO. The van der Waals surface area contributed by atoms with E-state index < -0.39 is 11.7 Å². The smallest absolute Gasteiger partial charge is 0.398 e. The summed E-state index contributed by atoms with van der Waals surface area (Å²) in [6, 6.07) is 12.8. The van der Waals surface area contributed by atoms with Crippen LogP contribution in [0.4, 0.5) is 18.9 Å². The van der Waals surface area contributed by atoms with Crippen molar-refractivity contribution < 1.29 is 17.9 Å². The van der Waals surface area contributed by atoms with E-state index in [1.807, 2.05) is 30.3 Å². The molecule has 0 radical (unpaired) electrons. The second-order valence-corrected chi connectivity index (χ2v) is 4.39. The molecule has 0 aliphatic rings. The van der Waals surface area contributed by atoms with E-state index in [2.05, 4.69) is 0 Å². The standard InChI is InChI=1S/C15H14F3NO/c16-15(17,18)13-7-6-12(14(19)8-13)10-20-9-11-4-2-1-3-5-11/h1-8H,9-10,19H2. The summed E-state index contributed by atoms with van der Waals surface area (Å²) in [5, 5.41) is 0. The van der Waals surface area contributed by atoms with Gasteiger partial charge in [0.25, 0.3) is 0 Å². The number of nitrogen functional groups attached to an aromatic ring is 1. The summed E-state index contributed by atoms with van der Waals surface area (Å²) in [5.74, 6) is 0. The number of hydrogen-bond acceptors (Lipinski definition) is 2. The van der Waals surface area contributed by atoms with Crippen molar-refractivity contribution in [2.24, 2.45) is 0 Å². The number of halogens is 3. The molecule has 0 bridgehead atoms. The van der Waals surface area contributed by atoms with Crippen LogP contribution in [0.3, 0.4) is 0 Å². The fourth-order valence-corrected chi connectivity index (χ4v) is 1.76. The summed E-state index contributed by atoms with van der Waals surface area (Å²) in [6.45, 7) is 0.570. The lowest BCUT2D eigenvalue weighted by Gasteiger charge is -2.11. The minimum atomic E-state index is -4.38. The second kappa shape index (κ2) is 5.96. The van der Waals surface area contributed by atoms with E-state index in [-0.39, 0.29) is 12.3 Å². The van der Waals surface area contributed by atoms with E-state index in [1.165, 1.54) is 6.07 Å². The van der Waals surface area contributed by atoms with Gasteiger partial charge in [0.2, 0.25) is 0 Å². The van der Waals surface area contributed by atoms with Crippen molar-refractivity contribution in [3.63, 3.8) is 0 Å². The van der Waals surface area contributed by atoms with E-state index in [0.29, 0.717) is 12.2 Å². The minimum absolute atomic E-state index is 0.0906. The molecule has 0 unspecified atom stereocenters. The number of anilines is 1. The maximum absolute atomic E-state index is 12.5. The zero-order chi connectivity index (χ0) is 14.6. The van der Waals surface area contributed by atoms with Gasteiger partial charge in [0.05, 0.1) is 18.8 Å². The van der Waals surface area contributed by atoms with Gasteiger partial charge >= 0.3 is 6.18 Å². The van der Waals surface area contributed by atoms with Crippen molar-refractivity contribution in [3.05, 3.63) is 65.2 Å². The maximum atomic E-state index is 12.5. The lowest BCUT2D eigenvalue weighted by molar-refractivity contribution is -0.137. The molecule has 20 heavy (non-hydrogen) atoms. The van der Waals surface area contributed by atoms with Gasteiger partial charge in [0.15, 0.2) is 0 Å². The van der Waals surface area contributed by atoms with Crippen LogP contribution in [0.15, 0.2) is 48.5 Å². The Bertz CT molecular complexity index is 567. The lowest BCUT2D eigenvalue weighted by Crippen LogP contribution is -2.07. The largest absolute Gasteiger partial charge is 0.416 e. The van der Waals surface area contributed by atoms with E-state index in [0.717, 1.165) is 17.7 Å². The van der Waals surface area contributed by atoms with Crippen LogP contribution in [-0.2, 0) is 24.1 Å². The van der Waals surface area contributed by atoms with Crippen LogP contribution in [0, 0.1) is 0 Å². The van der Waals surface area contributed by atoms with Crippen LogP contribution in [0.1, 0.15) is 16.7 Å². The molecule has 2 N–H and O–H groups in total. The van der Waals surface area contributed by atoms with Crippen molar-refractivity contribution in [2.45, 2.75) is 19.4 Å². The Morgan fingerprint density at radius 2 is 1.65 bits per heavy atom. The van der Waals surface area contributed by atoms with Gasteiger partial charge in [-0.1, -0.05) is 36.4 Å². The maximum Gasteiger partial charge on any atom is 0.416 e. The molecule has 0 aliphatic carbocycles. The first kappa shape index (κ1) is 14.4. The summed E-state index contributed by atoms with van der Waals surface area (Å²) in [6.07, 6.45) is -4.38. The number of alkyl halides is 3. The Balaban J connectivity index is 1.97. The van der Waals surface area contributed by atoms with Crippen LogP contribution in [0.25, 0.3) is 0 Å². The fraction of sp³-hybridized carbons (Fsp3) is 0.200. The monoisotopic (exact) mass is 281 g/mol. The average Bonchev–Trinajstić information content (AvgIpc) is 2.40. The third-order valence-electron chi connectivity index (χ3n) is 2.84. The highest BCUT2D eigenvalue weighted by atomic mass is 19.4. The molecule has 0 aliphatic heterocycles. The normalized spacial score (nSPS) is 11.6. The molecule has 0 amide bonds. The molecule has 0 aromatic heterocycles. The van der Waals surface area contributed by atoms with Crippen molar-refractivity contribution in [3.8, 4) is 0 Å². The first-order valence-corrected chi connectivity index (χ1v) is 6.04. The Morgan fingerprint density at radius 3 is 2.25 bits per heavy atom.